The van der Waals surface area contributed by atoms with Crippen molar-refractivity contribution < 1.29 is 17.9 Å². The lowest BCUT2D eigenvalue weighted by atomic mass is 10.2. The van der Waals surface area contributed by atoms with Gasteiger partial charge in [-0.2, -0.15) is 0 Å². The van der Waals surface area contributed by atoms with E-state index in [1.54, 1.807) is 31.3 Å². The van der Waals surface area contributed by atoms with Crippen LogP contribution in [0.25, 0.3) is 0 Å². The zero-order valence-electron chi connectivity index (χ0n) is 15.5. The Kier molecular flexibility index (Phi) is 5.65. The minimum absolute atomic E-state index is 0.0531. The lowest BCUT2D eigenvalue weighted by Gasteiger charge is -2.17. The number of nitrogens with one attached hydrogen (secondary N) is 1. The van der Waals surface area contributed by atoms with Crippen LogP contribution in [0.2, 0.25) is 0 Å². The first kappa shape index (κ1) is 19.4. The summed E-state index contributed by atoms with van der Waals surface area (Å²) in [6, 6.07) is 21.8. The van der Waals surface area contributed by atoms with Crippen LogP contribution in [-0.2, 0) is 10.0 Å². The summed E-state index contributed by atoms with van der Waals surface area (Å²) in [7, 11) is -0.674. The molecule has 0 spiro atoms. The maximum absolute atomic E-state index is 12.6. The Morgan fingerprint density at radius 2 is 1.50 bits per heavy atom. The number of sulfonamides is 1. The van der Waals surface area contributed by atoms with Crippen LogP contribution in [-0.4, -0.2) is 28.5 Å². The average molecular weight is 396 g/mol. The molecule has 1 amide bonds. The van der Waals surface area contributed by atoms with Crippen LogP contribution in [0.4, 0.5) is 11.4 Å². The third kappa shape index (κ3) is 4.15. The van der Waals surface area contributed by atoms with Crippen LogP contribution < -0.4 is 14.4 Å². The van der Waals surface area contributed by atoms with E-state index in [4.69, 9.17) is 4.74 Å². The van der Waals surface area contributed by atoms with Gasteiger partial charge < -0.3 is 9.64 Å². The Morgan fingerprint density at radius 1 is 0.893 bits per heavy atom. The maximum atomic E-state index is 12.6. The molecule has 28 heavy (non-hydrogen) atoms. The van der Waals surface area contributed by atoms with Crippen molar-refractivity contribution in [2.75, 3.05) is 23.8 Å². The molecule has 3 aromatic rings. The number of anilines is 2. The van der Waals surface area contributed by atoms with E-state index < -0.39 is 10.0 Å². The largest absolute Gasteiger partial charge is 0.495 e. The topological polar surface area (TPSA) is 75.7 Å². The molecule has 7 heteroatoms. The number of hydrogen-bond acceptors (Lipinski definition) is 4. The molecule has 0 saturated carbocycles. The standard InChI is InChI=1S/C21H20N2O4S/c1-23(17-8-4-3-5-9-17)21(24)16-12-14-18(15-13-16)28(25,26)22-19-10-6-7-11-20(19)27-2/h3-15,22H,1-2H3. The van der Waals surface area contributed by atoms with Gasteiger partial charge in [-0.15, -0.1) is 0 Å². The third-order valence-electron chi connectivity index (χ3n) is 4.21. The summed E-state index contributed by atoms with van der Waals surface area (Å²) in [5, 5.41) is 0. The summed E-state index contributed by atoms with van der Waals surface area (Å²) < 4.78 is 33.0. The molecule has 6 nitrogen and oxygen atoms in total. The molecule has 0 aliphatic heterocycles. The van der Waals surface area contributed by atoms with E-state index >= 15 is 0 Å². The molecular formula is C21H20N2O4S. The zero-order valence-corrected chi connectivity index (χ0v) is 16.3. The predicted octanol–water partition coefficient (Wildman–Crippen LogP) is 3.77. The number of para-hydroxylation sites is 3. The van der Waals surface area contributed by atoms with E-state index in [1.807, 2.05) is 30.3 Å². The fraction of sp³-hybridized carbons (Fsp3) is 0.0952. The quantitative estimate of drug-likeness (QED) is 0.688. The van der Waals surface area contributed by atoms with Gasteiger partial charge in [-0.1, -0.05) is 30.3 Å². The van der Waals surface area contributed by atoms with Crippen LogP contribution >= 0.6 is 0 Å². The van der Waals surface area contributed by atoms with Crippen molar-refractivity contribution in [1.29, 1.82) is 0 Å². The van der Waals surface area contributed by atoms with E-state index in [2.05, 4.69) is 4.72 Å². The lowest BCUT2D eigenvalue weighted by molar-refractivity contribution is 0.0993. The molecule has 0 radical (unpaired) electrons. The van der Waals surface area contributed by atoms with E-state index in [-0.39, 0.29) is 10.8 Å². The molecule has 0 unspecified atom stereocenters. The summed E-state index contributed by atoms with van der Waals surface area (Å²) in [5.41, 5.74) is 1.48. The molecule has 0 aliphatic rings. The molecule has 0 bridgehead atoms. The molecule has 0 heterocycles. The number of ether oxygens (including phenoxy) is 1. The van der Waals surface area contributed by atoms with Gasteiger partial charge in [0.05, 0.1) is 17.7 Å². The highest BCUT2D eigenvalue weighted by atomic mass is 32.2. The summed E-state index contributed by atoms with van der Waals surface area (Å²) in [6.45, 7) is 0. The highest BCUT2D eigenvalue weighted by molar-refractivity contribution is 7.92. The number of carbonyl (C=O) groups excluding carboxylic acids is 1. The first-order valence-corrected chi connectivity index (χ1v) is 10.00. The smallest absolute Gasteiger partial charge is 0.262 e. The van der Waals surface area contributed by atoms with Gasteiger partial charge in [-0.05, 0) is 48.5 Å². The van der Waals surface area contributed by atoms with Crippen molar-refractivity contribution in [1.82, 2.24) is 0 Å². The number of nitrogens with zero attached hydrogens (tertiary/aromatic N) is 1. The zero-order chi connectivity index (χ0) is 20.1. The Bertz CT molecular complexity index is 1070. The second kappa shape index (κ2) is 8.14. The van der Waals surface area contributed by atoms with Gasteiger partial charge in [0, 0.05) is 18.3 Å². The molecule has 144 valence electrons. The molecule has 3 aromatic carbocycles. The third-order valence-corrected chi connectivity index (χ3v) is 5.59. The number of methoxy groups -OCH3 is 1. The Balaban J connectivity index is 1.80. The van der Waals surface area contributed by atoms with Gasteiger partial charge in [0.1, 0.15) is 5.75 Å². The van der Waals surface area contributed by atoms with Crippen molar-refractivity contribution in [3.05, 3.63) is 84.4 Å². The number of benzene rings is 3. The van der Waals surface area contributed by atoms with Crippen molar-refractivity contribution >= 4 is 27.3 Å². The van der Waals surface area contributed by atoms with Gasteiger partial charge in [0.2, 0.25) is 0 Å². The average Bonchev–Trinajstić information content (AvgIpc) is 2.73. The van der Waals surface area contributed by atoms with E-state index in [1.165, 1.54) is 36.3 Å². The predicted molar refractivity (Wildman–Crippen MR) is 109 cm³/mol. The SMILES string of the molecule is COc1ccccc1NS(=O)(=O)c1ccc(C(=O)N(C)c2ccccc2)cc1. The van der Waals surface area contributed by atoms with Crippen LogP contribution in [0.5, 0.6) is 5.75 Å². The Morgan fingerprint density at radius 3 is 2.14 bits per heavy atom. The normalized spacial score (nSPS) is 10.9. The summed E-state index contributed by atoms with van der Waals surface area (Å²) >= 11 is 0. The van der Waals surface area contributed by atoms with Crippen LogP contribution in [0.3, 0.4) is 0 Å². The van der Waals surface area contributed by atoms with E-state index in [0.29, 0.717) is 17.0 Å². The fourth-order valence-electron chi connectivity index (χ4n) is 2.67. The first-order chi connectivity index (χ1) is 13.4. The monoisotopic (exact) mass is 396 g/mol. The molecular weight excluding hydrogens is 376 g/mol. The highest BCUT2D eigenvalue weighted by Gasteiger charge is 2.18. The van der Waals surface area contributed by atoms with Gasteiger partial charge in [0.15, 0.2) is 0 Å². The van der Waals surface area contributed by atoms with Crippen LogP contribution in [0.1, 0.15) is 10.4 Å². The Labute approximate surface area is 164 Å². The number of amides is 1. The van der Waals surface area contributed by atoms with Gasteiger partial charge >= 0.3 is 0 Å². The lowest BCUT2D eigenvalue weighted by Crippen LogP contribution is -2.26. The van der Waals surface area contributed by atoms with Crippen molar-refractivity contribution in [3.63, 3.8) is 0 Å². The molecule has 0 aliphatic carbocycles. The Hall–Kier alpha value is -3.32. The highest BCUT2D eigenvalue weighted by Crippen LogP contribution is 2.26. The molecule has 0 saturated heterocycles. The van der Waals surface area contributed by atoms with Crippen LogP contribution in [0.15, 0.2) is 83.8 Å². The summed E-state index contributed by atoms with van der Waals surface area (Å²) in [5.74, 6) is 0.190. The van der Waals surface area contributed by atoms with Gasteiger partial charge in [-0.3, -0.25) is 9.52 Å². The van der Waals surface area contributed by atoms with Crippen molar-refractivity contribution in [2.45, 2.75) is 4.90 Å². The molecule has 0 atom stereocenters. The number of rotatable bonds is 6. The number of hydrogen-bond donors (Lipinski definition) is 1. The van der Waals surface area contributed by atoms with E-state index in [9.17, 15) is 13.2 Å². The summed E-state index contributed by atoms with van der Waals surface area (Å²) in [6.07, 6.45) is 0. The first-order valence-electron chi connectivity index (χ1n) is 8.51. The second-order valence-corrected chi connectivity index (χ2v) is 7.71. The van der Waals surface area contributed by atoms with Gasteiger partial charge in [0.25, 0.3) is 15.9 Å². The minimum atomic E-state index is -3.82. The van der Waals surface area contributed by atoms with Crippen molar-refractivity contribution in [3.8, 4) is 5.75 Å². The van der Waals surface area contributed by atoms with E-state index in [0.717, 1.165) is 5.69 Å². The summed E-state index contributed by atoms with van der Waals surface area (Å²) in [4.78, 5) is 14.2. The molecule has 0 aromatic heterocycles. The van der Waals surface area contributed by atoms with Crippen molar-refractivity contribution in [2.24, 2.45) is 0 Å². The molecule has 1 N–H and O–H groups in total. The second-order valence-electron chi connectivity index (χ2n) is 6.03. The van der Waals surface area contributed by atoms with Gasteiger partial charge in [-0.25, -0.2) is 8.42 Å². The number of carbonyl (C=O) groups is 1. The molecule has 0 fully saturated rings. The minimum Gasteiger partial charge on any atom is -0.495 e. The van der Waals surface area contributed by atoms with Crippen LogP contribution in [0, 0.1) is 0 Å². The molecule has 3 rings (SSSR count). The maximum Gasteiger partial charge on any atom is 0.262 e. The fourth-order valence-corrected chi connectivity index (χ4v) is 3.74.